The zero-order valence-corrected chi connectivity index (χ0v) is 19.3. The number of thiazole rings is 1. The fraction of sp³-hybridized carbons (Fsp3) is 0.130. The van der Waals surface area contributed by atoms with E-state index in [4.69, 9.17) is 5.41 Å². The van der Waals surface area contributed by atoms with Gasteiger partial charge in [-0.05, 0) is 29.1 Å². The van der Waals surface area contributed by atoms with Crippen LogP contribution in [0.15, 0.2) is 64.5 Å². The van der Waals surface area contributed by atoms with Crippen LogP contribution in [0.4, 0.5) is 0 Å². The normalized spacial score (nSPS) is 12.2. The minimum Gasteiger partial charge on any atom is -0.393 e. The van der Waals surface area contributed by atoms with Gasteiger partial charge in [-0.25, -0.2) is 18.1 Å². The molecule has 0 saturated carbocycles. The number of sulfonamides is 1. The van der Waals surface area contributed by atoms with E-state index < -0.39 is 10.0 Å². The molecule has 2 aromatic heterocycles. The average molecular weight is 480 g/mol. The summed E-state index contributed by atoms with van der Waals surface area (Å²) >= 11 is 1.40. The van der Waals surface area contributed by atoms with Crippen molar-refractivity contribution < 1.29 is 8.42 Å². The Morgan fingerprint density at radius 3 is 2.70 bits per heavy atom. The Bertz CT molecular complexity index is 1530. The van der Waals surface area contributed by atoms with Gasteiger partial charge in [0.15, 0.2) is 5.43 Å². The lowest BCUT2D eigenvalue weighted by molar-refractivity contribution is 0.580. The number of rotatable bonds is 8. The molecular formula is C23H21N5O3S2. The third kappa shape index (κ3) is 5.14. The van der Waals surface area contributed by atoms with Crippen LogP contribution in [0.1, 0.15) is 16.8 Å². The fourth-order valence-corrected chi connectivity index (χ4v) is 5.09. The molecule has 168 valence electrons. The zero-order chi connectivity index (χ0) is 23.4. The van der Waals surface area contributed by atoms with E-state index in [1.54, 1.807) is 66.7 Å². The second kappa shape index (κ2) is 9.57. The van der Waals surface area contributed by atoms with Crippen LogP contribution in [-0.2, 0) is 22.3 Å². The van der Waals surface area contributed by atoms with Gasteiger partial charge in [0, 0.05) is 52.9 Å². The number of hydrogen-bond acceptors (Lipinski definition) is 8. The molecule has 0 aliphatic carbocycles. The van der Waals surface area contributed by atoms with Crippen molar-refractivity contribution in [1.29, 1.82) is 5.41 Å². The van der Waals surface area contributed by atoms with Crippen molar-refractivity contribution in [3.63, 3.8) is 0 Å². The van der Waals surface area contributed by atoms with E-state index in [-0.39, 0.29) is 17.7 Å². The summed E-state index contributed by atoms with van der Waals surface area (Å²) in [7, 11) is -1.89. The lowest BCUT2D eigenvalue weighted by Crippen LogP contribution is -2.24. The minimum atomic E-state index is -3.62. The van der Waals surface area contributed by atoms with Gasteiger partial charge in [-0.2, -0.15) is 0 Å². The summed E-state index contributed by atoms with van der Waals surface area (Å²) in [6.45, 7) is 0.121. The van der Waals surface area contributed by atoms with Gasteiger partial charge in [-0.15, -0.1) is 11.3 Å². The summed E-state index contributed by atoms with van der Waals surface area (Å²) in [5.41, 5.74) is 4.29. The summed E-state index contributed by atoms with van der Waals surface area (Å²) < 4.78 is 27.6. The second-order valence-electron chi connectivity index (χ2n) is 7.33. The molecule has 0 saturated heterocycles. The molecule has 3 N–H and O–H groups in total. The first-order valence-electron chi connectivity index (χ1n) is 9.98. The number of aromatic nitrogens is 2. The molecule has 2 heterocycles. The summed E-state index contributed by atoms with van der Waals surface area (Å²) in [4.78, 5) is 21.9. The number of fused-ring (bicyclic) bond motifs is 2. The molecule has 33 heavy (non-hydrogen) atoms. The van der Waals surface area contributed by atoms with Crippen molar-refractivity contribution in [3.05, 3.63) is 86.7 Å². The van der Waals surface area contributed by atoms with Gasteiger partial charge in [0.2, 0.25) is 10.0 Å². The molecular weight excluding hydrogens is 458 g/mol. The van der Waals surface area contributed by atoms with E-state index in [2.05, 4.69) is 20.0 Å². The number of allylic oxidation sites excluding steroid dienone is 1. The molecule has 10 heteroatoms. The molecule has 8 nitrogen and oxygen atoms in total. The van der Waals surface area contributed by atoms with Crippen molar-refractivity contribution >= 4 is 54.8 Å². The summed E-state index contributed by atoms with van der Waals surface area (Å²) in [5.74, 6) is -0.255. The topological polar surface area (TPSA) is 125 Å². The first-order chi connectivity index (χ1) is 15.9. The third-order valence-corrected chi connectivity index (χ3v) is 6.98. The van der Waals surface area contributed by atoms with Gasteiger partial charge in [0.25, 0.3) is 0 Å². The molecule has 2 aromatic carbocycles. The predicted octanol–water partition coefficient (Wildman–Crippen LogP) is 3.03. The summed E-state index contributed by atoms with van der Waals surface area (Å²) in [6.07, 6.45) is 4.46. The highest BCUT2D eigenvalue weighted by Gasteiger charge is 2.14. The van der Waals surface area contributed by atoms with E-state index in [1.807, 2.05) is 0 Å². The zero-order valence-electron chi connectivity index (χ0n) is 17.7. The quantitative estimate of drug-likeness (QED) is 0.334. The summed E-state index contributed by atoms with van der Waals surface area (Å²) in [6, 6.07) is 10.3. The highest BCUT2D eigenvalue weighted by Crippen LogP contribution is 2.20. The Balaban J connectivity index is 1.74. The van der Waals surface area contributed by atoms with Crippen LogP contribution in [-0.4, -0.2) is 31.6 Å². The van der Waals surface area contributed by atoms with Gasteiger partial charge >= 0.3 is 0 Å². The van der Waals surface area contributed by atoms with Gasteiger partial charge in [-0.3, -0.25) is 9.78 Å². The number of nitrogens with zero attached hydrogens (tertiary/aromatic N) is 2. The maximum atomic E-state index is 13.4. The number of nitrogens with one attached hydrogen (secondary N) is 3. The Kier molecular flexibility index (Phi) is 6.59. The van der Waals surface area contributed by atoms with E-state index in [0.717, 1.165) is 0 Å². The molecule has 0 spiro atoms. The SMILES string of the molecule is CN/C=C(\C=N)c1cnc2ccc3ccc(CS(=O)(=O)NCc4cscn4)cc3c(=O)c2c1. The number of hydrogen-bond donors (Lipinski definition) is 3. The van der Waals surface area contributed by atoms with E-state index in [0.29, 0.717) is 44.1 Å². The molecule has 4 rings (SSSR count). The maximum absolute atomic E-state index is 13.4. The minimum absolute atomic E-state index is 0.121. The first kappa shape index (κ1) is 22.7. The Morgan fingerprint density at radius 1 is 1.15 bits per heavy atom. The van der Waals surface area contributed by atoms with Gasteiger partial charge < -0.3 is 10.7 Å². The lowest BCUT2D eigenvalue weighted by atomic mass is 10.1. The smallest absolute Gasteiger partial charge is 0.216 e. The van der Waals surface area contributed by atoms with E-state index >= 15 is 0 Å². The Morgan fingerprint density at radius 2 is 1.97 bits per heavy atom. The average Bonchev–Trinajstić information content (AvgIpc) is 3.29. The van der Waals surface area contributed by atoms with Crippen LogP contribution in [0, 0.1) is 5.41 Å². The van der Waals surface area contributed by atoms with E-state index in [1.165, 1.54) is 17.6 Å². The van der Waals surface area contributed by atoms with Crippen molar-refractivity contribution in [3.8, 4) is 0 Å². The van der Waals surface area contributed by atoms with Crippen LogP contribution in [0.3, 0.4) is 0 Å². The van der Waals surface area contributed by atoms with Gasteiger partial charge in [0.05, 0.1) is 29.0 Å². The van der Waals surface area contributed by atoms with Crippen LogP contribution in [0.2, 0.25) is 0 Å². The van der Waals surface area contributed by atoms with Crippen LogP contribution in [0.25, 0.3) is 27.2 Å². The van der Waals surface area contributed by atoms with Crippen molar-refractivity contribution in [2.24, 2.45) is 0 Å². The fourth-order valence-electron chi connectivity index (χ4n) is 3.44. The Labute approximate surface area is 194 Å². The maximum Gasteiger partial charge on any atom is 0.216 e. The van der Waals surface area contributed by atoms with E-state index in [9.17, 15) is 13.2 Å². The molecule has 0 radical (unpaired) electrons. The number of benzene rings is 1. The number of pyridine rings is 1. The van der Waals surface area contributed by atoms with Crippen LogP contribution in [0.5, 0.6) is 0 Å². The predicted molar refractivity (Wildman–Crippen MR) is 133 cm³/mol. The lowest BCUT2D eigenvalue weighted by Gasteiger charge is -2.06. The third-order valence-electron chi connectivity index (χ3n) is 5.05. The highest BCUT2D eigenvalue weighted by molar-refractivity contribution is 7.88. The standard InChI is InChI=1S/C23H21N5O3S2/c1-25-9-18(8-24)17-7-21-22(26-10-17)5-4-16-3-2-15(6-20(16)23(21)29)13-33(30,31)28-11-19-12-32-14-27-19/h2-10,12,14,24-25,28H,11,13H2,1H3/b18-9+,24-8?. The molecule has 0 atom stereocenters. The molecule has 0 bridgehead atoms. The van der Waals surface area contributed by atoms with Crippen molar-refractivity contribution in [2.75, 3.05) is 7.05 Å². The van der Waals surface area contributed by atoms with Crippen molar-refractivity contribution in [2.45, 2.75) is 12.3 Å². The Hall–Kier alpha value is -3.47. The van der Waals surface area contributed by atoms with Crippen molar-refractivity contribution in [1.82, 2.24) is 20.0 Å². The van der Waals surface area contributed by atoms with Crippen LogP contribution >= 0.6 is 11.3 Å². The molecule has 0 amide bonds. The molecule has 0 aliphatic heterocycles. The monoisotopic (exact) mass is 479 g/mol. The first-order valence-corrected chi connectivity index (χ1v) is 12.6. The van der Waals surface area contributed by atoms with Crippen LogP contribution < -0.4 is 15.5 Å². The summed E-state index contributed by atoms with van der Waals surface area (Å²) in [5, 5.41) is 13.8. The van der Waals surface area contributed by atoms with Gasteiger partial charge in [-0.1, -0.05) is 18.2 Å². The molecule has 4 aromatic rings. The molecule has 0 aliphatic rings. The molecule has 0 unspecified atom stereocenters. The second-order valence-corrected chi connectivity index (χ2v) is 9.86. The van der Waals surface area contributed by atoms with Gasteiger partial charge in [0.1, 0.15) is 0 Å². The molecule has 0 fully saturated rings. The highest BCUT2D eigenvalue weighted by atomic mass is 32.2. The largest absolute Gasteiger partial charge is 0.393 e.